The number of rotatable bonds is 9. The number of sulfonamides is 1. The van der Waals surface area contributed by atoms with Gasteiger partial charge in [-0.2, -0.15) is 0 Å². The van der Waals surface area contributed by atoms with Crippen molar-refractivity contribution in [2.24, 2.45) is 0 Å². The summed E-state index contributed by atoms with van der Waals surface area (Å²) >= 11 is 5.84. The van der Waals surface area contributed by atoms with E-state index in [1.807, 2.05) is 0 Å². The highest BCUT2D eigenvalue weighted by atomic mass is 35.5. The molecule has 0 aromatic heterocycles. The van der Waals surface area contributed by atoms with Crippen molar-refractivity contribution in [1.82, 2.24) is 10.0 Å². The van der Waals surface area contributed by atoms with Gasteiger partial charge >= 0.3 is 0 Å². The molecule has 10 heteroatoms. The monoisotopic (exact) mass is 494 g/mol. The van der Waals surface area contributed by atoms with Crippen LogP contribution in [0.3, 0.4) is 0 Å². The summed E-state index contributed by atoms with van der Waals surface area (Å²) in [6.45, 7) is -0.0348. The first-order chi connectivity index (χ1) is 15.7. The number of benzene rings is 3. The number of carbonyl (C=O) groups excluding carboxylic acids is 1. The van der Waals surface area contributed by atoms with Gasteiger partial charge in [0.05, 0.1) is 7.11 Å². The molecule has 3 aromatic carbocycles. The molecule has 0 heterocycles. The molecule has 0 fully saturated rings. The van der Waals surface area contributed by atoms with Gasteiger partial charge < -0.3 is 10.1 Å². The zero-order chi connectivity index (χ0) is 24.0. The Labute approximate surface area is 195 Å². The first-order valence-corrected chi connectivity index (χ1v) is 11.7. The Morgan fingerprint density at radius 3 is 2.33 bits per heavy atom. The van der Waals surface area contributed by atoms with Crippen molar-refractivity contribution < 1.29 is 26.7 Å². The molecule has 0 saturated heterocycles. The van der Waals surface area contributed by atoms with Gasteiger partial charge in [-0.1, -0.05) is 29.8 Å². The van der Waals surface area contributed by atoms with Gasteiger partial charge in [-0.15, -0.1) is 0 Å². The van der Waals surface area contributed by atoms with Crippen molar-refractivity contribution in [2.45, 2.75) is 17.9 Å². The molecule has 0 bridgehead atoms. The van der Waals surface area contributed by atoms with Gasteiger partial charge in [-0.05, 0) is 54.4 Å². The van der Waals surface area contributed by atoms with E-state index in [-0.39, 0.29) is 41.3 Å². The van der Waals surface area contributed by atoms with Crippen LogP contribution in [0, 0.1) is 11.6 Å². The summed E-state index contributed by atoms with van der Waals surface area (Å²) in [5.74, 6) is -1.94. The van der Waals surface area contributed by atoms with Gasteiger partial charge in [0.25, 0.3) is 5.91 Å². The minimum atomic E-state index is -4.03. The molecule has 3 rings (SSSR count). The minimum Gasteiger partial charge on any atom is -0.495 e. The van der Waals surface area contributed by atoms with Crippen LogP contribution in [0.25, 0.3) is 0 Å². The summed E-state index contributed by atoms with van der Waals surface area (Å²) < 4.78 is 60.8. The number of methoxy groups -OCH3 is 1. The highest BCUT2D eigenvalue weighted by Gasteiger charge is 2.22. The third-order valence-corrected chi connectivity index (χ3v) is 6.49. The molecule has 0 aliphatic rings. The van der Waals surface area contributed by atoms with E-state index in [4.69, 9.17) is 16.3 Å². The number of nitrogens with one attached hydrogen (secondary N) is 2. The first kappa shape index (κ1) is 24.6. The quantitative estimate of drug-likeness (QED) is 0.469. The molecule has 0 radical (unpaired) electrons. The average molecular weight is 495 g/mol. The standard InChI is InChI=1S/C23H21ClF2N2O4S/c1-32-21-10-7-16(23(29)27-12-11-18-19(25)3-2-4-20(18)26)13-22(21)33(30,31)28-14-15-5-8-17(24)9-6-15/h2-10,13,28H,11-12,14H2,1H3,(H,27,29). The van der Waals surface area contributed by atoms with E-state index in [0.717, 1.165) is 12.1 Å². The number of amides is 1. The minimum absolute atomic E-state index is 0.00723. The fourth-order valence-corrected chi connectivity index (χ4v) is 4.40. The van der Waals surface area contributed by atoms with Gasteiger partial charge in [-0.3, -0.25) is 4.79 Å². The predicted octanol–water partition coefficient (Wildman–Crippen LogP) is 4.08. The topological polar surface area (TPSA) is 84.5 Å². The van der Waals surface area contributed by atoms with Crippen LogP contribution in [-0.4, -0.2) is 28.0 Å². The van der Waals surface area contributed by atoms with Crippen molar-refractivity contribution in [3.8, 4) is 5.75 Å². The molecule has 0 saturated carbocycles. The highest BCUT2D eigenvalue weighted by Crippen LogP contribution is 2.25. The van der Waals surface area contributed by atoms with Gasteiger partial charge in [0.2, 0.25) is 10.0 Å². The summed E-state index contributed by atoms with van der Waals surface area (Å²) in [7, 11) is -2.71. The van der Waals surface area contributed by atoms with Crippen LogP contribution in [-0.2, 0) is 23.0 Å². The van der Waals surface area contributed by atoms with Crippen LogP contribution in [0.1, 0.15) is 21.5 Å². The van der Waals surface area contributed by atoms with Crippen molar-refractivity contribution in [3.05, 3.63) is 94.0 Å². The fourth-order valence-electron chi connectivity index (χ4n) is 3.06. The van der Waals surface area contributed by atoms with E-state index >= 15 is 0 Å². The summed E-state index contributed by atoms with van der Waals surface area (Å²) in [6.07, 6.45) is -0.0613. The molecule has 6 nitrogen and oxygen atoms in total. The maximum absolute atomic E-state index is 13.7. The van der Waals surface area contributed by atoms with E-state index in [2.05, 4.69) is 10.0 Å². The molecule has 0 aliphatic carbocycles. The molecule has 33 heavy (non-hydrogen) atoms. The third kappa shape index (κ3) is 6.28. The largest absolute Gasteiger partial charge is 0.495 e. The Hall–Kier alpha value is -3.01. The van der Waals surface area contributed by atoms with Crippen LogP contribution in [0.4, 0.5) is 8.78 Å². The second-order valence-electron chi connectivity index (χ2n) is 7.02. The van der Waals surface area contributed by atoms with E-state index in [1.54, 1.807) is 24.3 Å². The maximum Gasteiger partial charge on any atom is 0.251 e. The Kier molecular flexibility index (Phi) is 8.01. The van der Waals surface area contributed by atoms with Crippen LogP contribution in [0.15, 0.2) is 65.6 Å². The van der Waals surface area contributed by atoms with Gasteiger partial charge in [-0.25, -0.2) is 21.9 Å². The number of hydrogen-bond acceptors (Lipinski definition) is 4. The summed E-state index contributed by atoms with van der Waals surface area (Å²) in [5.41, 5.74) is 0.607. The summed E-state index contributed by atoms with van der Waals surface area (Å²) in [5, 5.41) is 3.07. The normalized spacial score (nSPS) is 11.3. The maximum atomic E-state index is 13.7. The number of halogens is 3. The lowest BCUT2D eigenvalue weighted by Crippen LogP contribution is -2.27. The van der Waals surface area contributed by atoms with E-state index < -0.39 is 27.6 Å². The third-order valence-electron chi connectivity index (χ3n) is 4.82. The number of carbonyl (C=O) groups is 1. The first-order valence-electron chi connectivity index (χ1n) is 9.84. The average Bonchev–Trinajstić information content (AvgIpc) is 2.80. The van der Waals surface area contributed by atoms with Crippen LogP contribution in [0.2, 0.25) is 5.02 Å². The lowest BCUT2D eigenvalue weighted by atomic mass is 10.1. The van der Waals surface area contributed by atoms with Crippen molar-refractivity contribution in [3.63, 3.8) is 0 Å². The predicted molar refractivity (Wildman–Crippen MR) is 121 cm³/mol. The fraction of sp³-hybridized carbons (Fsp3) is 0.174. The van der Waals surface area contributed by atoms with Gasteiger partial charge in [0.15, 0.2) is 0 Å². The lowest BCUT2D eigenvalue weighted by Gasteiger charge is -2.13. The Balaban J connectivity index is 1.72. The molecular formula is C23H21ClF2N2O4S. The Morgan fingerprint density at radius 2 is 1.70 bits per heavy atom. The number of hydrogen-bond donors (Lipinski definition) is 2. The Morgan fingerprint density at radius 1 is 1.03 bits per heavy atom. The molecule has 0 spiro atoms. The smallest absolute Gasteiger partial charge is 0.251 e. The molecule has 0 atom stereocenters. The van der Waals surface area contributed by atoms with Crippen molar-refractivity contribution in [2.75, 3.05) is 13.7 Å². The second kappa shape index (κ2) is 10.7. The number of ether oxygens (including phenoxy) is 1. The van der Waals surface area contributed by atoms with E-state index in [1.165, 1.54) is 31.4 Å². The van der Waals surface area contributed by atoms with Crippen LogP contribution >= 0.6 is 11.6 Å². The zero-order valence-electron chi connectivity index (χ0n) is 17.6. The molecule has 2 N–H and O–H groups in total. The van der Waals surface area contributed by atoms with Crippen molar-refractivity contribution in [1.29, 1.82) is 0 Å². The van der Waals surface area contributed by atoms with Crippen LogP contribution < -0.4 is 14.8 Å². The van der Waals surface area contributed by atoms with Crippen LogP contribution in [0.5, 0.6) is 5.75 Å². The van der Waals surface area contributed by atoms with Crippen molar-refractivity contribution >= 4 is 27.5 Å². The lowest BCUT2D eigenvalue weighted by molar-refractivity contribution is 0.0953. The van der Waals surface area contributed by atoms with Gasteiger partial charge in [0.1, 0.15) is 22.3 Å². The van der Waals surface area contributed by atoms with E-state index in [9.17, 15) is 22.0 Å². The van der Waals surface area contributed by atoms with E-state index in [0.29, 0.717) is 10.6 Å². The zero-order valence-corrected chi connectivity index (χ0v) is 19.1. The Bertz CT molecular complexity index is 1230. The SMILES string of the molecule is COc1ccc(C(=O)NCCc2c(F)cccc2F)cc1S(=O)(=O)NCc1ccc(Cl)cc1. The molecule has 174 valence electrons. The second-order valence-corrected chi connectivity index (χ2v) is 9.19. The molecule has 1 amide bonds. The molecule has 0 aliphatic heterocycles. The molecule has 0 unspecified atom stereocenters. The molecular weight excluding hydrogens is 474 g/mol. The highest BCUT2D eigenvalue weighted by molar-refractivity contribution is 7.89. The molecule has 3 aromatic rings. The van der Waals surface area contributed by atoms with Gasteiger partial charge in [0, 0.05) is 29.2 Å². The summed E-state index contributed by atoms with van der Waals surface area (Å²) in [6, 6.07) is 14.1. The summed E-state index contributed by atoms with van der Waals surface area (Å²) in [4.78, 5) is 12.3.